The van der Waals surface area contributed by atoms with Crippen LogP contribution >= 0.6 is 0 Å². The molecule has 31 heavy (non-hydrogen) atoms. The summed E-state index contributed by atoms with van der Waals surface area (Å²) >= 11 is 0. The fourth-order valence-corrected chi connectivity index (χ4v) is 3.59. The molecule has 1 atom stereocenters. The monoisotopic (exact) mass is 417 g/mol. The molecule has 0 fully saturated rings. The minimum Gasteiger partial charge on any atom is -0.506 e. The third-order valence-electron chi connectivity index (χ3n) is 5.53. The molecule has 3 aromatic carbocycles. The number of ether oxygens (including phenoxy) is 1. The topological polar surface area (TPSA) is 58.6 Å². The van der Waals surface area contributed by atoms with E-state index in [0.717, 1.165) is 28.9 Å². The third kappa shape index (κ3) is 5.46. The lowest BCUT2D eigenvalue weighted by atomic mass is 10.00. The Hall–Kier alpha value is -3.27. The van der Waals surface area contributed by atoms with Crippen LogP contribution in [0.3, 0.4) is 0 Å². The summed E-state index contributed by atoms with van der Waals surface area (Å²) in [6.45, 7) is 10.3. The highest BCUT2D eigenvalue weighted by molar-refractivity contribution is 6.06. The molecule has 1 amide bonds. The lowest BCUT2D eigenvalue weighted by Gasteiger charge is -2.19. The summed E-state index contributed by atoms with van der Waals surface area (Å²) in [5.74, 6) is 1.17. The van der Waals surface area contributed by atoms with Gasteiger partial charge in [-0.2, -0.15) is 0 Å². The number of nitrogens with one attached hydrogen (secondary N) is 1. The number of benzene rings is 3. The third-order valence-corrected chi connectivity index (χ3v) is 5.53. The van der Waals surface area contributed by atoms with Crippen LogP contribution in [0.15, 0.2) is 60.7 Å². The predicted octanol–water partition coefficient (Wildman–Crippen LogP) is 6.60. The fraction of sp³-hybridized carbons (Fsp3) is 0.296. The summed E-state index contributed by atoms with van der Waals surface area (Å²) in [5, 5.41) is 12.7. The molecular formula is C27H31NO3. The number of hydrogen-bond donors (Lipinski definition) is 2. The standard InChI is InChI=1S/C27H31NO3/c1-17(2)16-21-10-12-22(13-11-21)20(5)31-26-15-14-23(18(3)19(26)4)27(30)28-24-8-6-7-9-25(24)29/h6-15,17,20,29H,16H2,1-5H3,(H,28,30)/t20-/m0/s1. The number of carbonyl (C=O) groups is 1. The van der Waals surface area contributed by atoms with E-state index >= 15 is 0 Å². The maximum Gasteiger partial charge on any atom is 0.256 e. The first-order valence-corrected chi connectivity index (χ1v) is 10.7. The van der Waals surface area contributed by atoms with E-state index in [4.69, 9.17) is 4.74 Å². The van der Waals surface area contributed by atoms with Crippen molar-refractivity contribution in [3.8, 4) is 11.5 Å². The number of phenols is 1. The Morgan fingerprint density at radius 3 is 2.26 bits per heavy atom. The largest absolute Gasteiger partial charge is 0.506 e. The van der Waals surface area contributed by atoms with E-state index in [2.05, 4.69) is 43.4 Å². The van der Waals surface area contributed by atoms with E-state index in [-0.39, 0.29) is 17.8 Å². The van der Waals surface area contributed by atoms with Gasteiger partial charge in [-0.15, -0.1) is 0 Å². The molecule has 0 aromatic heterocycles. The van der Waals surface area contributed by atoms with Crippen LogP contribution in [0.2, 0.25) is 0 Å². The van der Waals surface area contributed by atoms with Crippen LogP contribution in [-0.4, -0.2) is 11.0 Å². The van der Waals surface area contributed by atoms with Crippen molar-refractivity contribution in [1.29, 1.82) is 0 Å². The highest BCUT2D eigenvalue weighted by Gasteiger charge is 2.17. The molecule has 3 aromatic rings. The molecule has 4 nitrogen and oxygen atoms in total. The maximum atomic E-state index is 12.7. The van der Waals surface area contributed by atoms with Crippen LogP contribution in [0, 0.1) is 19.8 Å². The number of hydrogen-bond acceptors (Lipinski definition) is 3. The quantitative estimate of drug-likeness (QED) is 0.426. The molecule has 0 bridgehead atoms. The van der Waals surface area contributed by atoms with E-state index in [9.17, 15) is 9.90 Å². The Morgan fingerprint density at radius 2 is 1.61 bits per heavy atom. The van der Waals surface area contributed by atoms with Crippen LogP contribution in [0.4, 0.5) is 5.69 Å². The first kappa shape index (κ1) is 22.4. The van der Waals surface area contributed by atoms with Crippen LogP contribution in [-0.2, 0) is 6.42 Å². The SMILES string of the molecule is Cc1c(O[C@@H](C)c2ccc(CC(C)C)cc2)ccc(C(=O)Nc2ccccc2O)c1C. The van der Waals surface area contributed by atoms with Crippen molar-refractivity contribution in [1.82, 2.24) is 0 Å². The highest BCUT2D eigenvalue weighted by atomic mass is 16.5. The Kier molecular flexibility index (Phi) is 7.01. The van der Waals surface area contributed by atoms with Crippen LogP contribution < -0.4 is 10.1 Å². The zero-order chi connectivity index (χ0) is 22.5. The second-order valence-electron chi connectivity index (χ2n) is 8.43. The number of rotatable bonds is 7. The summed E-state index contributed by atoms with van der Waals surface area (Å²) in [7, 11) is 0. The molecule has 3 rings (SSSR count). The molecular weight excluding hydrogens is 386 g/mol. The molecule has 2 N–H and O–H groups in total. The molecule has 4 heteroatoms. The molecule has 0 aliphatic heterocycles. The normalized spacial score (nSPS) is 11.9. The Labute approximate surface area is 184 Å². The number of carbonyl (C=O) groups excluding carboxylic acids is 1. The number of aromatic hydroxyl groups is 1. The van der Waals surface area contributed by atoms with Gasteiger partial charge >= 0.3 is 0 Å². The molecule has 162 valence electrons. The predicted molar refractivity (Wildman–Crippen MR) is 126 cm³/mol. The Morgan fingerprint density at radius 1 is 0.935 bits per heavy atom. The molecule has 0 spiro atoms. The van der Waals surface area contributed by atoms with Crippen molar-refractivity contribution in [2.75, 3.05) is 5.32 Å². The van der Waals surface area contributed by atoms with Crippen molar-refractivity contribution in [2.45, 2.75) is 47.1 Å². The van der Waals surface area contributed by atoms with Crippen molar-refractivity contribution in [3.63, 3.8) is 0 Å². The summed E-state index contributed by atoms with van der Waals surface area (Å²) in [6.07, 6.45) is 0.963. The van der Waals surface area contributed by atoms with Crippen LogP contribution in [0.5, 0.6) is 11.5 Å². The molecule has 0 aliphatic carbocycles. The van der Waals surface area contributed by atoms with Gasteiger partial charge in [-0.1, -0.05) is 50.2 Å². The van der Waals surface area contributed by atoms with E-state index in [1.54, 1.807) is 30.3 Å². The molecule has 0 heterocycles. The molecule has 0 saturated heterocycles. The fourth-order valence-electron chi connectivity index (χ4n) is 3.59. The van der Waals surface area contributed by atoms with Gasteiger partial charge in [-0.3, -0.25) is 4.79 Å². The second-order valence-corrected chi connectivity index (χ2v) is 8.43. The summed E-state index contributed by atoms with van der Waals surface area (Å²) < 4.78 is 6.23. The molecule has 0 radical (unpaired) electrons. The van der Waals surface area contributed by atoms with Crippen molar-refractivity contribution in [3.05, 3.63) is 88.5 Å². The average Bonchev–Trinajstić information content (AvgIpc) is 2.73. The lowest BCUT2D eigenvalue weighted by Crippen LogP contribution is -2.14. The number of amides is 1. The van der Waals surface area contributed by atoms with Crippen molar-refractivity contribution >= 4 is 11.6 Å². The Bertz CT molecular complexity index is 1050. The molecule has 0 saturated carbocycles. The van der Waals surface area contributed by atoms with Crippen LogP contribution in [0.1, 0.15) is 59.5 Å². The van der Waals surface area contributed by atoms with Gasteiger partial charge in [0.05, 0.1) is 5.69 Å². The first-order chi connectivity index (χ1) is 14.8. The maximum absolute atomic E-state index is 12.7. The van der Waals surface area contributed by atoms with E-state index < -0.39 is 0 Å². The number of anilines is 1. The second kappa shape index (κ2) is 9.69. The van der Waals surface area contributed by atoms with Crippen molar-refractivity contribution in [2.24, 2.45) is 5.92 Å². The molecule has 0 aliphatic rings. The van der Waals surface area contributed by atoms with Gasteiger partial charge in [0, 0.05) is 5.56 Å². The zero-order valence-electron chi connectivity index (χ0n) is 18.9. The number of para-hydroxylation sites is 2. The van der Waals surface area contributed by atoms with Gasteiger partial charge in [0.1, 0.15) is 17.6 Å². The van der Waals surface area contributed by atoms with Gasteiger partial charge in [-0.05, 0) is 79.6 Å². The van der Waals surface area contributed by atoms with E-state index in [0.29, 0.717) is 17.2 Å². The van der Waals surface area contributed by atoms with Crippen molar-refractivity contribution < 1.29 is 14.6 Å². The van der Waals surface area contributed by atoms with Gasteiger partial charge in [0.15, 0.2) is 0 Å². The lowest BCUT2D eigenvalue weighted by molar-refractivity contribution is 0.102. The first-order valence-electron chi connectivity index (χ1n) is 10.7. The summed E-state index contributed by atoms with van der Waals surface area (Å²) in [6, 6.07) is 18.9. The minimum atomic E-state index is -0.262. The molecule has 0 unspecified atom stereocenters. The van der Waals surface area contributed by atoms with Gasteiger partial charge in [0.2, 0.25) is 0 Å². The summed E-state index contributed by atoms with van der Waals surface area (Å²) in [4.78, 5) is 12.7. The van der Waals surface area contributed by atoms with Gasteiger partial charge in [-0.25, -0.2) is 0 Å². The average molecular weight is 418 g/mol. The van der Waals surface area contributed by atoms with E-state index in [1.807, 2.05) is 26.8 Å². The smallest absolute Gasteiger partial charge is 0.256 e. The zero-order valence-corrected chi connectivity index (χ0v) is 18.9. The highest BCUT2D eigenvalue weighted by Crippen LogP contribution is 2.30. The van der Waals surface area contributed by atoms with E-state index in [1.165, 1.54) is 5.56 Å². The minimum absolute atomic E-state index is 0.0402. The number of phenolic OH excluding ortho intramolecular Hbond substituents is 1. The summed E-state index contributed by atoms with van der Waals surface area (Å²) in [5.41, 5.74) is 5.17. The van der Waals surface area contributed by atoms with Crippen LogP contribution in [0.25, 0.3) is 0 Å². The van der Waals surface area contributed by atoms with Gasteiger partial charge < -0.3 is 15.2 Å². The van der Waals surface area contributed by atoms with Gasteiger partial charge in [0.25, 0.3) is 5.91 Å². The Balaban J connectivity index is 1.74.